The van der Waals surface area contributed by atoms with E-state index in [1.54, 1.807) is 0 Å². The molecule has 1 fully saturated rings. The summed E-state index contributed by atoms with van der Waals surface area (Å²) < 4.78 is 6.44. The maximum Gasteiger partial charge on any atom is 0.122 e. The summed E-state index contributed by atoms with van der Waals surface area (Å²) in [5, 5.41) is 11.9. The molecule has 2 atom stereocenters. The number of nitrogens with two attached hydrogens (primary N) is 1. The normalized spacial score (nSPS) is 21.2. The largest absolute Gasteiger partial charge is 0.507 e. The average molecular weight is 490 g/mol. The molecule has 7 heteroatoms. The van der Waals surface area contributed by atoms with E-state index in [0.717, 1.165) is 61.1 Å². The molecule has 0 radical (unpaired) electrons. The first-order valence-electron chi connectivity index (χ1n) is 11.4. The first kappa shape index (κ1) is 25.7. The highest BCUT2D eigenvalue weighted by atomic mass is 35.5. The molecular formula is C26H33Cl2N3O2. The molecule has 3 N–H and O–H groups in total. The van der Waals surface area contributed by atoms with Crippen molar-refractivity contribution >= 4 is 35.7 Å². The molecule has 3 heterocycles. The smallest absolute Gasteiger partial charge is 0.122 e. The Morgan fingerprint density at radius 1 is 1.09 bits per heavy atom. The average Bonchev–Trinajstić information content (AvgIpc) is 2.81. The van der Waals surface area contributed by atoms with E-state index in [9.17, 15) is 5.11 Å². The maximum absolute atomic E-state index is 10.7. The van der Waals surface area contributed by atoms with Crippen molar-refractivity contribution in [1.29, 1.82) is 0 Å². The Labute approximate surface area is 208 Å². The number of likely N-dealkylation sites (tertiary alicyclic amines) is 1. The van der Waals surface area contributed by atoms with Gasteiger partial charge in [-0.25, -0.2) is 0 Å². The lowest BCUT2D eigenvalue weighted by molar-refractivity contribution is -0.0651. The van der Waals surface area contributed by atoms with Crippen molar-refractivity contribution in [2.75, 3.05) is 19.6 Å². The number of phenolic OH excluding ortho intramolecular Hbond substituents is 1. The summed E-state index contributed by atoms with van der Waals surface area (Å²) in [5.41, 5.74) is 11.5. The van der Waals surface area contributed by atoms with E-state index in [2.05, 4.69) is 40.2 Å². The number of pyridine rings is 1. The van der Waals surface area contributed by atoms with E-state index in [0.29, 0.717) is 18.2 Å². The molecule has 2 aromatic carbocycles. The molecule has 0 amide bonds. The zero-order valence-corrected chi connectivity index (χ0v) is 20.6. The number of nitrogens with zero attached hydrogens (tertiary/aromatic N) is 2. The highest BCUT2D eigenvalue weighted by molar-refractivity contribution is 5.85. The molecule has 0 bridgehead atoms. The van der Waals surface area contributed by atoms with Gasteiger partial charge < -0.3 is 15.6 Å². The Balaban J connectivity index is 0.00000153. The lowest BCUT2D eigenvalue weighted by atomic mass is 9.83. The summed E-state index contributed by atoms with van der Waals surface area (Å²) in [7, 11) is 0. The fourth-order valence-corrected chi connectivity index (χ4v) is 5.30. The standard InChI is InChI=1S/C26H31N3O2.2ClH/c1-17-6-7-21-22(26(17)30)14-24(31-25(21)15-27)18-9-12-29(13-10-18)16-19-8-11-28-23-5-3-2-4-20(19)23;;/h2-8,11,18,24-25,30H,9-10,12-16,27H2,1H3;2*1H. The predicted molar refractivity (Wildman–Crippen MR) is 137 cm³/mol. The molecule has 2 aliphatic rings. The quantitative estimate of drug-likeness (QED) is 0.542. The highest BCUT2D eigenvalue weighted by Gasteiger charge is 2.35. The van der Waals surface area contributed by atoms with E-state index in [1.165, 1.54) is 10.9 Å². The number of halogens is 2. The van der Waals surface area contributed by atoms with Crippen LogP contribution in [0, 0.1) is 12.8 Å². The summed E-state index contributed by atoms with van der Waals surface area (Å²) in [6.45, 7) is 5.47. The van der Waals surface area contributed by atoms with Gasteiger partial charge in [-0.3, -0.25) is 9.88 Å². The van der Waals surface area contributed by atoms with Crippen molar-refractivity contribution in [2.45, 2.75) is 44.9 Å². The number of para-hydroxylation sites is 1. The Hall–Kier alpha value is -1.89. The van der Waals surface area contributed by atoms with E-state index < -0.39 is 0 Å². The van der Waals surface area contributed by atoms with Crippen molar-refractivity contribution in [1.82, 2.24) is 9.88 Å². The number of fused-ring (bicyclic) bond motifs is 2. The maximum atomic E-state index is 10.7. The van der Waals surface area contributed by atoms with Gasteiger partial charge in [-0.05, 0) is 67.6 Å². The second-order valence-corrected chi connectivity index (χ2v) is 9.00. The van der Waals surface area contributed by atoms with Gasteiger partial charge in [-0.2, -0.15) is 0 Å². The van der Waals surface area contributed by atoms with Gasteiger partial charge in [0.15, 0.2) is 0 Å². The number of phenols is 1. The number of aromatic nitrogens is 1. The van der Waals surface area contributed by atoms with Gasteiger partial charge >= 0.3 is 0 Å². The molecule has 0 saturated carbocycles. The minimum absolute atomic E-state index is 0. The summed E-state index contributed by atoms with van der Waals surface area (Å²) in [6, 6.07) is 14.5. The second kappa shape index (κ2) is 11.0. The van der Waals surface area contributed by atoms with Crippen LogP contribution < -0.4 is 5.73 Å². The molecule has 33 heavy (non-hydrogen) atoms. The predicted octanol–water partition coefficient (Wildman–Crippen LogP) is 4.95. The fourth-order valence-electron chi connectivity index (χ4n) is 5.30. The summed E-state index contributed by atoms with van der Waals surface area (Å²) in [4.78, 5) is 7.03. The van der Waals surface area contributed by atoms with Crippen LogP contribution in [0.4, 0.5) is 0 Å². The lowest BCUT2D eigenvalue weighted by Crippen LogP contribution is -2.42. The van der Waals surface area contributed by atoms with Gasteiger partial charge in [0.25, 0.3) is 0 Å². The highest BCUT2D eigenvalue weighted by Crippen LogP contribution is 2.40. The minimum atomic E-state index is -0.124. The first-order chi connectivity index (χ1) is 15.1. The molecule has 0 aliphatic carbocycles. The summed E-state index contributed by atoms with van der Waals surface area (Å²) >= 11 is 0. The molecular weight excluding hydrogens is 457 g/mol. The third kappa shape index (κ3) is 5.13. The minimum Gasteiger partial charge on any atom is -0.507 e. The third-order valence-corrected chi connectivity index (χ3v) is 7.12. The van der Waals surface area contributed by atoms with Crippen LogP contribution in [-0.2, 0) is 17.7 Å². The molecule has 0 spiro atoms. The number of ether oxygens (including phenoxy) is 1. The monoisotopic (exact) mass is 489 g/mol. The number of benzene rings is 2. The van der Waals surface area contributed by atoms with Crippen LogP contribution in [0.1, 0.15) is 41.2 Å². The topological polar surface area (TPSA) is 71.6 Å². The number of aromatic hydroxyl groups is 1. The van der Waals surface area contributed by atoms with Crippen molar-refractivity contribution in [3.05, 3.63) is 70.9 Å². The van der Waals surface area contributed by atoms with Crippen molar-refractivity contribution in [3.8, 4) is 5.75 Å². The SMILES string of the molecule is Cc1ccc2c(c1O)CC(C1CCN(Cc3ccnc4ccccc34)CC1)OC2CN.Cl.Cl. The molecule has 5 rings (SSSR count). The van der Waals surface area contributed by atoms with Gasteiger partial charge in [0, 0.05) is 36.7 Å². The van der Waals surface area contributed by atoms with Crippen molar-refractivity contribution < 1.29 is 9.84 Å². The van der Waals surface area contributed by atoms with Gasteiger partial charge in [0.2, 0.25) is 0 Å². The van der Waals surface area contributed by atoms with Crippen molar-refractivity contribution in [2.24, 2.45) is 11.7 Å². The van der Waals surface area contributed by atoms with Crippen LogP contribution >= 0.6 is 24.8 Å². The van der Waals surface area contributed by atoms with Crippen LogP contribution in [0.25, 0.3) is 10.9 Å². The van der Waals surface area contributed by atoms with E-state index >= 15 is 0 Å². The van der Waals surface area contributed by atoms with Crippen molar-refractivity contribution in [3.63, 3.8) is 0 Å². The van der Waals surface area contributed by atoms with Crippen LogP contribution in [0.15, 0.2) is 48.7 Å². The fraction of sp³-hybridized carbons (Fsp3) is 0.423. The van der Waals surface area contributed by atoms with Gasteiger partial charge in [0.05, 0.1) is 17.7 Å². The molecule has 3 aromatic rings. The van der Waals surface area contributed by atoms with Gasteiger partial charge in [-0.1, -0.05) is 30.3 Å². The van der Waals surface area contributed by atoms with Gasteiger partial charge in [-0.15, -0.1) is 24.8 Å². The molecule has 5 nitrogen and oxygen atoms in total. The first-order valence-corrected chi connectivity index (χ1v) is 11.4. The molecule has 2 unspecified atom stereocenters. The van der Waals surface area contributed by atoms with Crippen LogP contribution in [0.5, 0.6) is 5.75 Å². The lowest BCUT2D eigenvalue weighted by Gasteiger charge is -2.40. The van der Waals surface area contributed by atoms with E-state index in [-0.39, 0.29) is 37.0 Å². The van der Waals surface area contributed by atoms with Crippen LogP contribution in [-0.4, -0.2) is 40.7 Å². The number of hydrogen-bond donors (Lipinski definition) is 2. The van der Waals surface area contributed by atoms with E-state index in [1.807, 2.05) is 25.3 Å². The van der Waals surface area contributed by atoms with Crippen LogP contribution in [0.2, 0.25) is 0 Å². The third-order valence-electron chi connectivity index (χ3n) is 7.12. The van der Waals surface area contributed by atoms with E-state index in [4.69, 9.17) is 10.5 Å². The van der Waals surface area contributed by atoms with Gasteiger partial charge in [0.1, 0.15) is 5.75 Å². The summed E-state index contributed by atoms with van der Waals surface area (Å²) in [5.74, 6) is 0.916. The zero-order chi connectivity index (χ0) is 21.4. The zero-order valence-electron chi connectivity index (χ0n) is 18.9. The Kier molecular flexibility index (Phi) is 8.59. The Bertz CT molecular complexity index is 1080. The number of aryl methyl sites for hydroxylation is 1. The summed E-state index contributed by atoms with van der Waals surface area (Å²) in [6.07, 6.45) is 4.90. The number of rotatable bonds is 4. The molecule has 2 aliphatic heterocycles. The molecule has 1 aromatic heterocycles. The second-order valence-electron chi connectivity index (χ2n) is 9.00. The number of hydrogen-bond acceptors (Lipinski definition) is 5. The molecule has 178 valence electrons. The Morgan fingerprint density at radius 3 is 2.61 bits per heavy atom. The number of piperidine rings is 1. The molecule has 1 saturated heterocycles. The Morgan fingerprint density at radius 2 is 1.85 bits per heavy atom. The van der Waals surface area contributed by atoms with Crippen LogP contribution in [0.3, 0.4) is 0 Å².